The summed E-state index contributed by atoms with van der Waals surface area (Å²) in [4.78, 5) is 6.76. The van der Waals surface area contributed by atoms with Crippen LogP contribution in [0, 0.1) is 0 Å². The summed E-state index contributed by atoms with van der Waals surface area (Å²) in [6.07, 6.45) is -2.88. The predicted octanol–water partition coefficient (Wildman–Crippen LogP) is 3.22. The fourth-order valence-electron chi connectivity index (χ4n) is 1.30. The monoisotopic (exact) mass is 212 g/mol. The first-order valence-corrected chi connectivity index (χ1v) is 4.20. The van der Waals surface area contributed by atoms with E-state index in [-0.39, 0.29) is 0 Å². The number of hydrogen-bond donors (Lipinski definition) is 1. The lowest BCUT2D eigenvalue weighted by Gasteiger charge is -2.04. The van der Waals surface area contributed by atoms with Crippen LogP contribution < -0.4 is 0 Å². The van der Waals surface area contributed by atoms with E-state index in [0.29, 0.717) is 16.9 Å². The van der Waals surface area contributed by atoms with Crippen molar-refractivity contribution < 1.29 is 13.2 Å². The Kier molecular flexibility index (Phi) is 2.03. The van der Waals surface area contributed by atoms with Crippen LogP contribution in [0.2, 0.25) is 0 Å². The summed E-state index contributed by atoms with van der Waals surface area (Å²) in [6.45, 7) is 3.48. The highest BCUT2D eigenvalue weighted by Crippen LogP contribution is 2.30. The Balaban J connectivity index is 2.60. The van der Waals surface area contributed by atoms with Crippen LogP contribution in [0.5, 0.6) is 0 Å². The molecule has 1 N–H and O–H groups in total. The zero-order valence-corrected chi connectivity index (χ0v) is 7.60. The van der Waals surface area contributed by atoms with Crippen LogP contribution in [0.1, 0.15) is 11.4 Å². The van der Waals surface area contributed by atoms with Crippen LogP contribution in [-0.4, -0.2) is 9.97 Å². The number of fused-ring (bicyclic) bond motifs is 1. The van der Waals surface area contributed by atoms with Gasteiger partial charge in [0.2, 0.25) is 0 Å². The quantitative estimate of drug-likeness (QED) is 0.772. The largest absolute Gasteiger partial charge is 0.416 e. The highest BCUT2D eigenvalue weighted by atomic mass is 19.4. The minimum Gasteiger partial charge on any atom is -0.338 e. The number of hydrogen-bond acceptors (Lipinski definition) is 1. The summed E-state index contributed by atoms with van der Waals surface area (Å²) in [5.74, 6) is 0.462. The Bertz CT molecular complexity index is 511. The van der Waals surface area contributed by atoms with Gasteiger partial charge in [-0.1, -0.05) is 6.58 Å². The van der Waals surface area contributed by atoms with Crippen LogP contribution in [0.4, 0.5) is 13.2 Å². The van der Waals surface area contributed by atoms with Gasteiger partial charge in [-0.05, 0) is 24.3 Å². The van der Waals surface area contributed by atoms with E-state index in [1.807, 2.05) is 0 Å². The smallest absolute Gasteiger partial charge is 0.338 e. The summed E-state index contributed by atoms with van der Waals surface area (Å²) < 4.78 is 37.0. The van der Waals surface area contributed by atoms with Gasteiger partial charge < -0.3 is 4.98 Å². The molecule has 0 radical (unpaired) electrons. The Hall–Kier alpha value is -1.78. The van der Waals surface area contributed by atoms with Crippen molar-refractivity contribution in [3.63, 3.8) is 0 Å². The minimum atomic E-state index is -4.33. The van der Waals surface area contributed by atoms with Gasteiger partial charge in [-0.25, -0.2) is 4.98 Å². The second-order valence-corrected chi connectivity index (χ2v) is 3.06. The predicted molar refractivity (Wildman–Crippen MR) is 51.2 cm³/mol. The summed E-state index contributed by atoms with van der Waals surface area (Å²) in [7, 11) is 0. The third-order valence-electron chi connectivity index (χ3n) is 2.02. The van der Waals surface area contributed by atoms with Gasteiger partial charge in [0.05, 0.1) is 16.6 Å². The highest BCUT2D eigenvalue weighted by molar-refractivity contribution is 5.77. The first-order valence-electron chi connectivity index (χ1n) is 4.20. The molecule has 0 aliphatic carbocycles. The number of rotatable bonds is 1. The van der Waals surface area contributed by atoms with Gasteiger partial charge in [0.15, 0.2) is 0 Å². The summed E-state index contributed by atoms with van der Waals surface area (Å²) in [6, 6.07) is 3.39. The van der Waals surface area contributed by atoms with E-state index in [1.165, 1.54) is 12.1 Å². The van der Waals surface area contributed by atoms with Crippen molar-refractivity contribution in [2.24, 2.45) is 0 Å². The Morgan fingerprint density at radius 2 is 2.07 bits per heavy atom. The third kappa shape index (κ3) is 1.72. The van der Waals surface area contributed by atoms with E-state index in [9.17, 15) is 13.2 Å². The molecule has 0 saturated heterocycles. The number of H-pyrrole nitrogens is 1. The van der Waals surface area contributed by atoms with Crippen LogP contribution in [-0.2, 0) is 6.18 Å². The van der Waals surface area contributed by atoms with E-state index in [0.717, 1.165) is 12.1 Å². The van der Waals surface area contributed by atoms with Crippen LogP contribution >= 0.6 is 0 Å². The first kappa shape index (κ1) is 9.76. The van der Waals surface area contributed by atoms with Crippen molar-refractivity contribution in [1.82, 2.24) is 9.97 Å². The average molecular weight is 212 g/mol. The van der Waals surface area contributed by atoms with Crippen LogP contribution in [0.3, 0.4) is 0 Å². The molecule has 0 atom stereocenters. The van der Waals surface area contributed by atoms with Crippen molar-refractivity contribution in [2.45, 2.75) is 6.18 Å². The standard InChI is InChI=1S/C10H7F3N2/c1-2-9-14-7-4-3-6(10(11,12)13)5-8(7)15-9/h2-5H,1H2,(H,14,15). The molecule has 0 bridgehead atoms. The molecule has 0 spiro atoms. The fraction of sp³-hybridized carbons (Fsp3) is 0.100. The zero-order chi connectivity index (χ0) is 11.1. The van der Waals surface area contributed by atoms with Crippen molar-refractivity contribution in [3.8, 4) is 0 Å². The second-order valence-electron chi connectivity index (χ2n) is 3.06. The topological polar surface area (TPSA) is 28.7 Å². The molecule has 1 aromatic heterocycles. The van der Waals surface area contributed by atoms with Gasteiger partial charge in [-0.3, -0.25) is 0 Å². The van der Waals surface area contributed by atoms with Crippen molar-refractivity contribution in [2.75, 3.05) is 0 Å². The fourth-order valence-corrected chi connectivity index (χ4v) is 1.30. The number of imidazole rings is 1. The second kappa shape index (κ2) is 3.12. The molecule has 1 aromatic carbocycles. The van der Waals surface area contributed by atoms with Gasteiger partial charge in [0.25, 0.3) is 0 Å². The summed E-state index contributed by atoms with van der Waals surface area (Å²) >= 11 is 0. The molecular formula is C10H7F3N2. The number of alkyl halides is 3. The number of benzene rings is 1. The number of nitrogens with zero attached hydrogens (tertiary/aromatic N) is 1. The normalized spacial score (nSPS) is 11.9. The molecule has 2 nitrogen and oxygen atoms in total. The summed E-state index contributed by atoms with van der Waals surface area (Å²) in [5.41, 5.74) is 0.162. The van der Waals surface area contributed by atoms with Crippen molar-refractivity contribution >= 4 is 17.1 Å². The van der Waals surface area contributed by atoms with Crippen molar-refractivity contribution in [1.29, 1.82) is 0 Å². The third-order valence-corrected chi connectivity index (χ3v) is 2.02. The molecule has 15 heavy (non-hydrogen) atoms. The van der Waals surface area contributed by atoms with E-state index < -0.39 is 11.7 Å². The van der Waals surface area contributed by atoms with Gasteiger partial charge in [-0.2, -0.15) is 13.2 Å². The van der Waals surface area contributed by atoms with Crippen molar-refractivity contribution in [3.05, 3.63) is 36.2 Å². The van der Waals surface area contributed by atoms with E-state index in [1.54, 1.807) is 0 Å². The lowest BCUT2D eigenvalue weighted by atomic mass is 10.2. The Labute approximate surface area is 83.4 Å². The molecule has 2 aromatic rings. The van der Waals surface area contributed by atoms with Gasteiger partial charge >= 0.3 is 6.18 Å². The van der Waals surface area contributed by atoms with E-state index in [2.05, 4.69) is 16.5 Å². The Morgan fingerprint density at radius 3 is 2.67 bits per heavy atom. The zero-order valence-electron chi connectivity index (χ0n) is 7.60. The number of nitrogens with one attached hydrogen (secondary N) is 1. The molecule has 0 amide bonds. The molecule has 0 fully saturated rings. The maximum absolute atomic E-state index is 12.3. The Morgan fingerprint density at radius 1 is 1.33 bits per heavy atom. The average Bonchev–Trinajstić information content (AvgIpc) is 2.57. The highest BCUT2D eigenvalue weighted by Gasteiger charge is 2.30. The molecule has 1 heterocycles. The molecule has 0 unspecified atom stereocenters. The van der Waals surface area contributed by atoms with Crippen LogP contribution in [0.25, 0.3) is 17.1 Å². The molecule has 2 rings (SSSR count). The lowest BCUT2D eigenvalue weighted by molar-refractivity contribution is -0.137. The number of halogens is 3. The van der Waals surface area contributed by atoms with Gasteiger partial charge in [-0.15, -0.1) is 0 Å². The molecule has 78 valence electrons. The van der Waals surface area contributed by atoms with Crippen LogP contribution in [0.15, 0.2) is 24.8 Å². The van der Waals surface area contributed by atoms with E-state index in [4.69, 9.17) is 0 Å². The molecule has 5 heteroatoms. The molecule has 0 aliphatic rings. The number of aromatic amines is 1. The first-order chi connectivity index (χ1) is 7.00. The molecule has 0 aliphatic heterocycles. The van der Waals surface area contributed by atoms with E-state index >= 15 is 0 Å². The maximum atomic E-state index is 12.3. The van der Waals surface area contributed by atoms with Gasteiger partial charge in [0.1, 0.15) is 5.82 Å². The number of aromatic nitrogens is 2. The summed E-state index contributed by atoms with van der Waals surface area (Å²) in [5, 5.41) is 0. The minimum absolute atomic E-state index is 0.291. The SMILES string of the molecule is C=Cc1nc2cc(C(F)(F)F)ccc2[nH]1. The molecular weight excluding hydrogens is 205 g/mol. The maximum Gasteiger partial charge on any atom is 0.416 e. The molecule has 0 saturated carbocycles. The lowest BCUT2D eigenvalue weighted by Crippen LogP contribution is -2.04. The van der Waals surface area contributed by atoms with Gasteiger partial charge in [0, 0.05) is 0 Å².